The van der Waals surface area contributed by atoms with Crippen molar-refractivity contribution in [1.82, 2.24) is 0 Å². The van der Waals surface area contributed by atoms with E-state index in [0.717, 1.165) is 24.8 Å². The van der Waals surface area contributed by atoms with Crippen molar-refractivity contribution in [2.45, 2.75) is 30.6 Å². The first-order valence-corrected chi connectivity index (χ1v) is 7.69. The maximum Gasteiger partial charge on any atom is 0.238 e. The van der Waals surface area contributed by atoms with Gasteiger partial charge in [0.15, 0.2) is 0 Å². The molecule has 1 aliphatic rings. The van der Waals surface area contributed by atoms with Gasteiger partial charge >= 0.3 is 0 Å². The number of aryl methyl sites for hydroxylation is 1. The van der Waals surface area contributed by atoms with Crippen molar-refractivity contribution in [2.24, 2.45) is 5.14 Å². The first kappa shape index (κ1) is 13.8. The van der Waals surface area contributed by atoms with Crippen LogP contribution in [0.1, 0.15) is 24.8 Å². The number of primary sulfonamides is 1. The zero-order chi connectivity index (χ0) is 13.9. The van der Waals surface area contributed by atoms with Crippen molar-refractivity contribution in [3.05, 3.63) is 53.3 Å². The van der Waals surface area contributed by atoms with Crippen LogP contribution in [0.2, 0.25) is 0 Å². The Balaban J connectivity index is 1.98. The van der Waals surface area contributed by atoms with Gasteiger partial charge in [0.2, 0.25) is 10.0 Å². The molecule has 1 aromatic carbocycles. The summed E-state index contributed by atoms with van der Waals surface area (Å²) in [6, 6.07) is 6.64. The maximum atomic E-state index is 11.1. The Labute approximate surface area is 113 Å². The first-order valence-electron chi connectivity index (χ1n) is 6.14. The molecule has 3 N–H and O–H groups in total. The lowest BCUT2D eigenvalue weighted by Crippen LogP contribution is -2.11. The van der Waals surface area contributed by atoms with E-state index < -0.39 is 10.0 Å². The first-order chi connectivity index (χ1) is 8.95. The monoisotopic (exact) mass is 279 g/mol. The van der Waals surface area contributed by atoms with E-state index in [9.17, 15) is 13.5 Å². The highest BCUT2D eigenvalue weighted by Crippen LogP contribution is 2.21. The number of benzene rings is 1. The zero-order valence-corrected chi connectivity index (χ0v) is 11.4. The van der Waals surface area contributed by atoms with E-state index in [1.54, 1.807) is 18.2 Å². The topological polar surface area (TPSA) is 80.4 Å². The predicted octanol–water partition coefficient (Wildman–Crippen LogP) is 2.43. The fourth-order valence-electron chi connectivity index (χ4n) is 2.03. The molecule has 0 radical (unpaired) electrons. The Bertz CT molecular complexity index is 613. The fraction of sp³-hybridized carbons (Fsp3) is 0.286. The van der Waals surface area contributed by atoms with E-state index >= 15 is 0 Å². The van der Waals surface area contributed by atoms with E-state index in [2.05, 4.69) is 0 Å². The lowest BCUT2D eigenvalue weighted by Gasteiger charge is -2.11. The molecule has 0 spiro atoms. The van der Waals surface area contributed by atoms with Gasteiger partial charge in [0.05, 0.1) is 10.7 Å². The average molecular weight is 279 g/mol. The zero-order valence-electron chi connectivity index (χ0n) is 10.5. The van der Waals surface area contributed by atoms with Gasteiger partial charge in [-0.05, 0) is 43.0 Å². The molecule has 1 aliphatic carbocycles. The third-order valence-corrected chi connectivity index (χ3v) is 4.13. The summed E-state index contributed by atoms with van der Waals surface area (Å²) in [5.74, 6) is 0.432. The van der Waals surface area contributed by atoms with E-state index in [1.165, 1.54) is 17.7 Å². The molecule has 102 valence electrons. The van der Waals surface area contributed by atoms with Gasteiger partial charge in [-0.15, -0.1) is 0 Å². The highest BCUT2D eigenvalue weighted by Gasteiger charge is 2.08. The van der Waals surface area contributed by atoms with Crippen LogP contribution >= 0.6 is 0 Å². The number of aliphatic hydroxyl groups is 1. The summed E-state index contributed by atoms with van der Waals surface area (Å²) < 4.78 is 22.2. The molecule has 0 saturated heterocycles. The number of sulfonamides is 1. The smallest absolute Gasteiger partial charge is 0.238 e. The molecule has 2 rings (SSSR count). The summed E-state index contributed by atoms with van der Waals surface area (Å²) in [4.78, 5) is 0.140. The van der Waals surface area contributed by atoms with E-state index in [1.807, 2.05) is 6.08 Å². The van der Waals surface area contributed by atoms with E-state index in [0.29, 0.717) is 12.2 Å². The van der Waals surface area contributed by atoms with Crippen LogP contribution in [0, 0.1) is 0 Å². The van der Waals surface area contributed by atoms with Crippen molar-refractivity contribution in [3.8, 4) is 0 Å². The number of hydrogen-bond donors (Lipinski definition) is 2. The van der Waals surface area contributed by atoms with Crippen molar-refractivity contribution in [2.75, 3.05) is 0 Å². The van der Waals surface area contributed by atoms with Gasteiger partial charge < -0.3 is 5.11 Å². The molecule has 0 unspecified atom stereocenters. The number of hydrogen-bond acceptors (Lipinski definition) is 3. The summed E-state index contributed by atoms with van der Waals surface area (Å²) in [7, 11) is -3.61. The molecule has 0 amide bonds. The minimum atomic E-state index is -3.61. The van der Waals surface area contributed by atoms with Crippen LogP contribution < -0.4 is 5.14 Å². The number of rotatable bonds is 4. The average Bonchev–Trinajstić information content (AvgIpc) is 2.37. The van der Waals surface area contributed by atoms with Gasteiger partial charge in [-0.1, -0.05) is 23.8 Å². The van der Waals surface area contributed by atoms with Gasteiger partial charge in [0.25, 0.3) is 0 Å². The van der Waals surface area contributed by atoms with Crippen LogP contribution in [0.3, 0.4) is 0 Å². The summed E-state index contributed by atoms with van der Waals surface area (Å²) >= 11 is 0. The number of allylic oxidation sites excluding steroid dienone is 4. The molecular formula is C14H17NO3S. The second-order valence-electron chi connectivity index (χ2n) is 4.67. The summed E-state index contributed by atoms with van der Waals surface area (Å²) in [5, 5.41) is 14.3. The molecule has 0 heterocycles. The van der Waals surface area contributed by atoms with Crippen molar-refractivity contribution < 1.29 is 13.5 Å². The molecule has 19 heavy (non-hydrogen) atoms. The van der Waals surface area contributed by atoms with Crippen LogP contribution in [-0.4, -0.2) is 13.5 Å². The minimum Gasteiger partial charge on any atom is -0.512 e. The third-order valence-electron chi connectivity index (χ3n) is 3.20. The Hall–Kier alpha value is -1.59. The van der Waals surface area contributed by atoms with Crippen molar-refractivity contribution >= 4 is 10.0 Å². The Morgan fingerprint density at radius 2 is 1.74 bits per heavy atom. The molecule has 5 heteroatoms. The lowest BCUT2D eigenvalue weighted by atomic mass is 9.97. The van der Waals surface area contributed by atoms with Gasteiger partial charge in [0.1, 0.15) is 0 Å². The molecule has 0 bridgehead atoms. The number of aliphatic hydroxyl groups excluding tert-OH is 1. The van der Waals surface area contributed by atoms with Gasteiger partial charge in [-0.25, -0.2) is 13.6 Å². The van der Waals surface area contributed by atoms with Crippen LogP contribution in [0.15, 0.2) is 52.6 Å². The molecule has 0 aromatic heterocycles. The molecule has 1 aromatic rings. The van der Waals surface area contributed by atoms with Gasteiger partial charge in [-0.2, -0.15) is 0 Å². The molecule has 0 fully saturated rings. The quantitative estimate of drug-likeness (QED) is 0.888. The Morgan fingerprint density at radius 3 is 2.26 bits per heavy atom. The standard InChI is InChI=1S/C14H17NO3S/c15-19(17,18)14-9-5-12(6-10-14)2-1-11-3-7-13(16)8-4-11/h3,5-7,9-10,16H,1-2,4,8H2,(H2,15,17,18). The van der Waals surface area contributed by atoms with Crippen LogP contribution in [-0.2, 0) is 16.4 Å². The summed E-state index contributed by atoms with van der Waals surface area (Å²) in [6.45, 7) is 0. The SMILES string of the molecule is NS(=O)(=O)c1ccc(CCC2=CC=C(O)CC2)cc1. The molecule has 4 nitrogen and oxygen atoms in total. The largest absolute Gasteiger partial charge is 0.512 e. The highest BCUT2D eigenvalue weighted by molar-refractivity contribution is 7.89. The summed E-state index contributed by atoms with van der Waals surface area (Å²) in [5.41, 5.74) is 2.38. The normalized spacial score (nSPS) is 15.8. The molecule has 0 saturated carbocycles. The van der Waals surface area contributed by atoms with Gasteiger partial charge in [0, 0.05) is 6.42 Å². The van der Waals surface area contributed by atoms with Crippen LogP contribution in [0.5, 0.6) is 0 Å². The third kappa shape index (κ3) is 3.94. The minimum absolute atomic E-state index is 0.140. The Kier molecular flexibility index (Phi) is 4.07. The number of nitrogens with two attached hydrogens (primary N) is 1. The molecular weight excluding hydrogens is 262 g/mol. The molecule has 0 aliphatic heterocycles. The van der Waals surface area contributed by atoms with Crippen molar-refractivity contribution in [3.63, 3.8) is 0 Å². The van der Waals surface area contributed by atoms with Gasteiger partial charge in [-0.3, -0.25) is 0 Å². The van der Waals surface area contributed by atoms with Crippen LogP contribution in [0.4, 0.5) is 0 Å². The highest BCUT2D eigenvalue weighted by atomic mass is 32.2. The fourth-order valence-corrected chi connectivity index (χ4v) is 2.54. The maximum absolute atomic E-state index is 11.1. The Morgan fingerprint density at radius 1 is 1.05 bits per heavy atom. The van der Waals surface area contributed by atoms with E-state index in [-0.39, 0.29) is 4.90 Å². The van der Waals surface area contributed by atoms with Crippen molar-refractivity contribution in [1.29, 1.82) is 0 Å². The van der Waals surface area contributed by atoms with E-state index in [4.69, 9.17) is 5.14 Å². The van der Waals surface area contributed by atoms with Crippen LogP contribution in [0.25, 0.3) is 0 Å². The second-order valence-corrected chi connectivity index (χ2v) is 6.23. The molecule has 0 atom stereocenters. The predicted molar refractivity (Wildman–Crippen MR) is 74.2 cm³/mol. The lowest BCUT2D eigenvalue weighted by molar-refractivity contribution is 0.385. The summed E-state index contributed by atoms with van der Waals surface area (Å²) in [6.07, 6.45) is 7.05. The second kappa shape index (κ2) is 5.59.